The van der Waals surface area contributed by atoms with E-state index in [1.54, 1.807) is 17.0 Å². The summed E-state index contributed by atoms with van der Waals surface area (Å²) in [4.78, 5) is 26.3. The number of hydrogen-bond donors (Lipinski definition) is 1. The van der Waals surface area contributed by atoms with Gasteiger partial charge in [-0.15, -0.1) is 0 Å². The third-order valence-electron chi connectivity index (χ3n) is 4.20. The van der Waals surface area contributed by atoms with Crippen molar-refractivity contribution in [3.05, 3.63) is 29.8 Å². The van der Waals surface area contributed by atoms with E-state index in [2.05, 4.69) is 12.2 Å². The van der Waals surface area contributed by atoms with Crippen LogP contribution in [0.3, 0.4) is 0 Å². The Balaban J connectivity index is 1.83. The van der Waals surface area contributed by atoms with Crippen molar-refractivity contribution in [1.82, 2.24) is 4.90 Å². The van der Waals surface area contributed by atoms with E-state index in [9.17, 15) is 9.59 Å². The molecule has 0 atom stereocenters. The lowest BCUT2D eigenvalue weighted by molar-refractivity contribution is -0.116. The van der Waals surface area contributed by atoms with Crippen molar-refractivity contribution in [2.24, 2.45) is 0 Å². The van der Waals surface area contributed by atoms with Crippen LogP contribution in [0.1, 0.15) is 55.8 Å². The maximum Gasteiger partial charge on any atom is 0.254 e. The number of nitrogens with zero attached hydrogens (tertiary/aromatic N) is 1. The molecule has 1 aromatic rings. The Morgan fingerprint density at radius 2 is 1.88 bits per heavy atom. The molecule has 24 heavy (non-hydrogen) atoms. The SMILES string of the molecule is CCCCCCCC(=O)Nc1cccc(C(=O)N2CCOCC2)c1. The maximum absolute atomic E-state index is 12.5. The van der Waals surface area contributed by atoms with Gasteiger partial charge in [0.25, 0.3) is 5.91 Å². The quantitative estimate of drug-likeness (QED) is 0.742. The van der Waals surface area contributed by atoms with Gasteiger partial charge in [-0.25, -0.2) is 0 Å². The van der Waals surface area contributed by atoms with Crippen molar-refractivity contribution in [1.29, 1.82) is 0 Å². The van der Waals surface area contributed by atoms with Gasteiger partial charge in [0.15, 0.2) is 0 Å². The number of carbonyl (C=O) groups is 2. The fraction of sp³-hybridized carbons (Fsp3) is 0.579. The first-order valence-corrected chi connectivity index (χ1v) is 8.97. The number of morpholine rings is 1. The van der Waals surface area contributed by atoms with E-state index in [-0.39, 0.29) is 11.8 Å². The second-order valence-corrected chi connectivity index (χ2v) is 6.20. The average molecular weight is 332 g/mol. The molecule has 1 fully saturated rings. The lowest BCUT2D eigenvalue weighted by Gasteiger charge is -2.27. The molecule has 132 valence electrons. The van der Waals surface area contributed by atoms with E-state index in [0.717, 1.165) is 12.8 Å². The first-order valence-electron chi connectivity index (χ1n) is 8.97. The van der Waals surface area contributed by atoms with E-state index >= 15 is 0 Å². The van der Waals surface area contributed by atoms with E-state index in [1.807, 2.05) is 12.1 Å². The van der Waals surface area contributed by atoms with E-state index in [0.29, 0.717) is 44.0 Å². The average Bonchev–Trinajstić information content (AvgIpc) is 2.62. The molecule has 0 aliphatic carbocycles. The second-order valence-electron chi connectivity index (χ2n) is 6.20. The molecule has 5 nitrogen and oxygen atoms in total. The van der Waals surface area contributed by atoms with Crippen LogP contribution in [0.5, 0.6) is 0 Å². The van der Waals surface area contributed by atoms with Crippen molar-refractivity contribution in [3.63, 3.8) is 0 Å². The number of rotatable bonds is 8. The molecule has 2 rings (SSSR count). The van der Waals surface area contributed by atoms with E-state index in [4.69, 9.17) is 4.74 Å². The molecule has 0 saturated carbocycles. The second kappa shape index (κ2) is 10.1. The van der Waals surface area contributed by atoms with Crippen molar-refractivity contribution in [2.45, 2.75) is 45.4 Å². The molecule has 1 aliphatic rings. The number of nitrogens with one attached hydrogen (secondary N) is 1. The van der Waals surface area contributed by atoms with Crippen molar-refractivity contribution >= 4 is 17.5 Å². The van der Waals surface area contributed by atoms with Gasteiger partial charge in [-0.2, -0.15) is 0 Å². The van der Waals surface area contributed by atoms with E-state index in [1.165, 1.54) is 19.3 Å². The summed E-state index contributed by atoms with van der Waals surface area (Å²) in [5, 5.41) is 2.90. The molecule has 5 heteroatoms. The van der Waals surface area contributed by atoms with Crippen LogP contribution in [0.25, 0.3) is 0 Å². The van der Waals surface area contributed by atoms with Crippen LogP contribution in [0.2, 0.25) is 0 Å². The Morgan fingerprint density at radius 1 is 1.12 bits per heavy atom. The molecule has 1 aliphatic heterocycles. The molecule has 2 amide bonds. The van der Waals surface area contributed by atoms with Gasteiger partial charge in [0.05, 0.1) is 13.2 Å². The zero-order valence-electron chi connectivity index (χ0n) is 14.6. The van der Waals surface area contributed by atoms with Crippen LogP contribution in [-0.2, 0) is 9.53 Å². The predicted molar refractivity (Wildman–Crippen MR) is 95.2 cm³/mol. The third-order valence-corrected chi connectivity index (χ3v) is 4.20. The van der Waals surface area contributed by atoms with Crippen LogP contribution in [0, 0.1) is 0 Å². The molecular formula is C19H28N2O3. The number of carbonyl (C=O) groups excluding carboxylic acids is 2. The zero-order valence-corrected chi connectivity index (χ0v) is 14.6. The van der Waals surface area contributed by atoms with Gasteiger partial charge in [0, 0.05) is 30.8 Å². The molecular weight excluding hydrogens is 304 g/mol. The highest BCUT2D eigenvalue weighted by Gasteiger charge is 2.18. The number of ether oxygens (including phenoxy) is 1. The van der Waals surface area contributed by atoms with E-state index < -0.39 is 0 Å². The van der Waals surface area contributed by atoms with Gasteiger partial charge in [-0.05, 0) is 24.6 Å². The summed E-state index contributed by atoms with van der Waals surface area (Å²) >= 11 is 0. The molecule has 0 spiro atoms. The maximum atomic E-state index is 12.5. The Bertz CT molecular complexity index is 539. The van der Waals surface area contributed by atoms with Crippen molar-refractivity contribution in [2.75, 3.05) is 31.6 Å². The number of hydrogen-bond acceptors (Lipinski definition) is 3. The van der Waals surface area contributed by atoms with Crippen LogP contribution < -0.4 is 5.32 Å². The summed E-state index contributed by atoms with van der Waals surface area (Å²) in [5.74, 6) is 0.0106. The molecule has 1 aromatic carbocycles. The number of anilines is 1. The monoisotopic (exact) mass is 332 g/mol. The third kappa shape index (κ3) is 5.96. The van der Waals surface area contributed by atoms with Crippen LogP contribution in [0.15, 0.2) is 24.3 Å². The molecule has 1 saturated heterocycles. The van der Waals surface area contributed by atoms with Crippen LogP contribution in [0.4, 0.5) is 5.69 Å². The molecule has 1 N–H and O–H groups in total. The summed E-state index contributed by atoms with van der Waals surface area (Å²) in [6.07, 6.45) is 6.16. The predicted octanol–water partition coefficient (Wildman–Crippen LogP) is 3.46. The summed E-state index contributed by atoms with van der Waals surface area (Å²) in [5.41, 5.74) is 1.30. The number of amides is 2. The minimum absolute atomic E-state index is 0.00559. The Labute approximate surface area is 144 Å². The van der Waals surface area contributed by atoms with Crippen molar-refractivity contribution < 1.29 is 14.3 Å². The first kappa shape index (κ1) is 18.5. The summed E-state index contributed by atoms with van der Waals surface area (Å²) in [6, 6.07) is 7.18. The van der Waals surface area contributed by atoms with Gasteiger partial charge in [0.1, 0.15) is 0 Å². The fourth-order valence-electron chi connectivity index (χ4n) is 2.79. The summed E-state index contributed by atoms with van der Waals surface area (Å²) in [7, 11) is 0. The van der Waals surface area contributed by atoms with Gasteiger partial charge < -0.3 is 15.0 Å². The first-order chi connectivity index (χ1) is 11.7. The molecule has 0 aromatic heterocycles. The zero-order chi connectivity index (χ0) is 17.2. The summed E-state index contributed by atoms with van der Waals surface area (Å²) in [6.45, 7) is 4.58. The Hall–Kier alpha value is -1.88. The fourth-order valence-corrected chi connectivity index (χ4v) is 2.79. The highest BCUT2D eigenvalue weighted by molar-refractivity contribution is 5.97. The van der Waals surface area contributed by atoms with Crippen LogP contribution in [-0.4, -0.2) is 43.0 Å². The van der Waals surface area contributed by atoms with Crippen LogP contribution >= 0.6 is 0 Å². The summed E-state index contributed by atoms with van der Waals surface area (Å²) < 4.78 is 5.27. The minimum Gasteiger partial charge on any atom is -0.378 e. The molecule has 0 unspecified atom stereocenters. The van der Waals surface area contributed by atoms with Crippen molar-refractivity contribution in [3.8, 4) is 0 Å². The molecule has 0 bridgehead atoms. The van der Waals surface area contributed by atoms with Gasteiger partial charge in [-0.1, -0.05) is 38.7 Å². The number of unbranched alkanes of at least 4 members (excludes halogenated alkanes) is 4. The lowest BCUT2D eigenvalue weighted by Crippen LogP contribution is -2.40. The largest absolute Gasteiger partial charge is 0.378 e. The normalized spacial score (nSPS) is 14.5. The Morgan fingerprint density at radius 3 is 2.62 bits per heavy atom. The topological polar surface area (TPSA) is 58.6 Å². The lowest BCUT2D eigenvalue weighted by atomic mass is 10.1. The smallest absolute Gasteiger partial charge is 0.254 e. The van der Waals surface area contributed by atoms with Gasteiger partial charge in [0.2, 0.25) is 5.91 Å². The van der Waals surface area contributed by atoms with Gasteiger partial charge >= 0.3 is 0 Å². The van der Waals surface area contributed by atoms with Gasteiger partial charge in [-0.3, -0.25) is 9.59 Å². The molecule has 0 radical (unpaired) electrons. The number of benzene rings is 1. The standard InChI is InChI=1S/C19H28N2O3/c1-2-3-4-5-6-10-18(22)20-17-9-7-8-16(15-17)19(23)21-11-13-24-14-12-21/h7-9,15H,2-6,10-14H2,1H3,(H,20,22). The highest BCUT2D eigenvalue weighted by atomic mass is 16.5. The Kier molecular flexibility index (Phi) is 7.75. The molecule has 1 heterocycles. The minimum atomic E-state index is -0.00559. The highest BCUT2D eigenvalue weighted by Crippen LogP contribution is 2.15.